The molecule has 28 heavy (non-hydrogen) atoms. The lowest BCUT2D eigenvalue weighted by Gasteiger charge is -2.37. The number of fused-ring (bicyclic) bond motifs is 2. The van der Waals surface area contributed by atoms with Crippen molar-refractivity contribution in [2.24, 2.45) is 0 Å². The normalized spacial score (nSPS) is 21.1. The molecule has 8 nitrogen and oxygen atoms in total. The molecule has 2 aromatic heterocycles. The number of piperazine rings is 1. The lowest BCUT2D eigenvalue weighted by atomic mass is 9.96. The molecular formula is C19H24N6O2S. The van der Waals surface area contributed by atoms with Crippen LogP contribution in [0, 0.1) is 0 Å². The Balaban J connectivity index is 1.32. The summed E-state index contributed by atoms with van der Waals surface area (Å²) in [4.78, 5) is 13.6. The Morgan fingerprint density at radius 2 is 1.64 bits per heavy atom. The van der Waals surface area contributed by atoms with E-state index >= 15 is 0 Å². The molecule has 0 bridgehead atoms. The van der Waals surface area contributed by atoms with Gasteiger partial charge < -0.3 is 9.80 Å². The van der Waals surface area contributed by atoms with Gasteiger partial charge in [-0.05, 0) is 37.3 Å². The molecule has 148 valence electrons. The molecule has 3 aliphatic rings. The fourth-order valence-corrected chi connectivity index (χ4v) is 5.79. The second kappa shape index (κ2) is 6.95. The van der Waals surface area contributed by atoms with Crippen LogP contribution in [0.2, 0.25) is 0 Å². The zero-order chi connectivity index (χ0) is 19.1. The zero-order valence-electron chi connectivity index (χ0n) is 15.8. The average Bonchev–Trinajstić information content (AvgIpc) is 2.72. The molecule has 0 spiro atoms. The molecule has 2 aliphatic heterocycles. The number of rotatable bonds is 2. The summed E-state index contributed by atoms with van der Waals surface area (Å²) in [6.45, 7) is 3.36. The van der Waals surface area contributed by atoms with E-state index in [4.69, 9.17) is 0 Å². The molecule has 1 fully saturated rings. The maximum Gasteiger partial charge on any atom is 0.154 e. The number of aryl methyl sites for hydroxylation is 2. The van der Waals surface area contributed by atoms with Gasteiger partial charge in [0, 0.05) is 43.9 Å². The van der Waals surface area contributed by atoms with Crippen molar-refractivity contribution in [1.29, 1.82) is 0 Å². The van der Waals surface area contributed by atoms with Crippen LogP contribution in [0.4, 0.5) is 11.6 Å². The van der Waals surface area contributed by atoms with Crippen molar-refractivity contribution in [3.63, 3.8) is 0 Å². The van der Waals surface area contributed by atoms with Gasteiger partial charge in [-0.2, -0.15) is 5.10 Å². The molecule has 2 aromatic rings. The predicted octanol–water partition coefficient (Wildman–Crippen LogP) is 0.943. The first kappa shape index (κ1) is 17.8. The predicted molar refractivity (Wildman–Crippen MR) is 106 cm³/mol. The molecule has 0 amide bonds. The third-order valence-electron chi connectivity index (χ3n) is 5.98. The molecule has 0 aromatic carbocycles. The van der Waals surface area contributed by atoms with Crippen LogP contribution in [-0.4, -0.2) is 60.5 Å². The van der Waals surface area contributed by atoms with Crippen LogP contribution in [0.1, 0.15) is 35.4 Å². The summed E-state index contributed by atoms with van der Waals surface area (Å²) in [5, 5.41) is 8.67. The number of anilines is 2. The standard InChI is InChI=1S/C19H24N6O2S/c26-28(27)10-5-16-14(12-28)11-18(23-22-16)24-6-8-25(9-7-24)19-15-3-1-2-4-17(15)20-13-21-19/h11,13H,1-10,12H2. The molecule has 0 radical (unpaired) electrons. The Morgan fingerprint density at radius 1 is 0.857 bits per heavy atom. The Morgan fingerprint density at radius 3 is 2.50 bits per heavy atom. The van der Waals surface area contributed by atoms with Crippen LogP contribution >= 0.6 is 0 Å². The SMILES string of the molecule is O=S1(=O)CCc2nnc(N3CCN(c4ncnc5c4CCCC5)CC3)cc2C1. The van der Waals surface area contributed by atoms with E-state index in [0.717, 1.165) is 61.9 Å². The highest BCUT2D eigenvalue weighted by Gasteiger charge is 2.27. The largest absolute Gasteiger partial charge is 0.353 e. The summed E-state index contributed by atoms with van der Waals surface area (Å²) < 4.78 is 23.9. The number of sulfone groups is 1. The number of hydrogen-bond donors (Lipinski definition) is 0. The van der Waals surface area contributed by atoms with Gasteiger partial charge >= 0.3 is 0 Å². The van der Waals surface area contributed by atoms with E-state index in [9.17, 15) is 8.42 Å². The number of aromatic nitrogens is 4. The number of nitrogens with zero attached hydrogens (tertiary/aromatic N) is 6. The van der Waals surface area contributed by atoms with Crippen LogP contribution in [0.25, 0.3) is 0 Å². The fraction of sp³-hybridized carbons (Fsp3) is 0.579. The first-order valence-electron chi connectivity index (χ1n) is 9.98. The molecule has 1 aliphatic carbocycles. The van der Waals surface area contributed by atoms with Crippen molar-refractivity contribution in [2.75, 3.05) is 41.7 Å². The summed E-state index contributed by atoms with van der Waals surface area (Å²) in [6.07, 6.45) is 6.71. The van der Waals surface area contributed by atoms with Crippen LogP contribution in [0.15, 0.2) is 12.4 Å². The summed E-state index contributed by atoms with van der Waals surface area (Å²) in [5.41, 5.74) is 4.16. The minimum Gasteiger partial charge on any atom is -0.353 e. The van der Waals surface area contributed by atoms with Crippen LogP contribution in [-0.2, 0) is 34.9 Å². The highest BCUT2D eigenvalue weighted by Crippen LogP contribution is 2.28. The highest BCUT2D eigenvalue weighted by molar-refractivity contribution is 7.90. The topological polar surface area (TPSA) is 92.2 Å². The van der Waals surface area contributed by atoms with Crippen molar-refractivity contribution in [2.45, 2.75) is 37.9 Å². The molecule has 0 atom stereocenters. The minimum absolute atomic E-state index is 0.0812. The molecule has 5 rings (SSSR count). The van der Waals surface area contributed by atoms with Gasteiger partial charge in [0.1, 0.15) is 12.1 Å². The van der Waals surface area contributed by atoms with Crippen molar-refractivity contribution >= 4 is 21.5 Å². The van der Waals surface area contributed by atoms with E-state index in [1.807, 2.05) is 6.07 Å². The van der Waals surface area contributed by atoms with Gasteiger partial charge in [0.15, 0.2) is 15.7 Å². The van der Waals surface area contributed by atoms with E-state index < -0.39 is 9.84 Å². The van der Waals surface area contributed by atoms with Gasteiger partial charge in [-0.15, -0.1) is 5.10 Å². The molecule has 4 heterocycles. The summed E-state index contributed by atoms with van der Waals surface area (Å²) in [7, 11) is -3.01. The first-order valence-corrected chi connectivity index (χ1v) is 11.8. The van der Waals surface area contributed by atoms with Gasteiger partial charge in [-0.25, -0.2) is 18.4 Å². The Bertz CT molecular complexity index is 1000. The Labute approximate surface area is 164 Å². The van der Waals surface area contributed by atoms with Crippen molar-refractivity contribution in [3.05, 3.63) is 34.9 Å². The van der Waals surface area contributed by atoms with Gasteiger partial charge in [-0.1, -0.05) is 0 Å². The molecule has 9 heteroatoms. The Hall–Kier alpha value is -2.29. The smallest absolute Gasteiger partial charge is 0.154 e. The summed E-state index contributed by atoms with van der Waals surface area (Å²) in [5.74, 6) is 2.13. The van der Waals surface area contributed by atoms with E-state index in [0.29, 0.717) is 6.42 Å². The first-order chi connectivity index (χ1) is 13.6. The third-order valence-corrected chi connectivity index (χ3v) is 7.55. The second-order valence-corrected chi connectivity index (χ2v) is 10.0. The highest BCUT2D eigenvalue weighted by atomic mass is 32.2. The lowest BCUT2D eigenvalue weighted by molar-refractivity contribution is 0.589. The van der Waals surface area contributed by atoms with E-state index in [2.05, 4.69) is 30.0 Å². The third kappa shape index (κ3) is 3.32. The van der Waals surface area contributed by atoms with Crippen LogP contribution < -0.4 is 9.80 Å². The molecule has 0 N–H and O–H groups in total. The Kier molecular flexibility index (Phi) is 4.41. The van der Waals surface area contributed by atoms with E-state index in [-0.39, 0.29) is 11.5 Å². The second-order valence-electron chi connectivity index (χ2n) is 7.82. The van der Waals surface area contributed by atoms with Gasteiger partial charge in [0.2, 0.25) is 0 Å². The quantitative estimate of drug-likeness (QED) is 0.736. The molecule has 1 saturated heterocycles. The van der Waals surface area contributed by atoms with Crippen LogP contribution in [0.3, 0.4) is 0 Å². The zero-order valence-corrected chi connectivity index (χ0v) is 16.7. The lowest BCUT2D eigenvalue weighted by Crippen LogP contribution is -2.47. The van der Waals surface area contributed by atoms with E-state index in [1.54, 1.807) is 6.33 Å². The summed E-state index contributed by atoms with van der Waals surface area (Å²) in [6, 6.07) is 1.92. The minimum atomic E-state index is -3.01. The fourth-order valence-electron chi connectivity index (χ4n) is 4.42. The summed E-state index contributed by atoms with van der Waals surface area (Å²) >= 11 is 0. The van der Waals surface area contributed by atoms with Crippen molar-refractivity contribution in [1.82, 2.24) is 20.2 Å². The molecule has 0 unspecified atom stereocenters. The van der Waals surface area contributed by atoms with Crippen molar-refractivity contribution in [3.8, 4) is 0 Å². The van der Waals surface area contributed by atoms with Gasteiger partial charge in [-0.3, -0.25) is 0 Å². The van der Waals surface area contributed by atoms with Gasteiger partial charge in [0.05, 0.1) is 17.2 Å². The van der Waals surface area contributed by atoms with Gasteiger partial charge in [0.25, 0.3) is 0 Å². The van der Waals surface area contributed by atoms with Crippen LogP contribution in [0.5, 0.6) is 0 Å². The monoisotopic (exact) mass is 400 g/mol. The molecular weight excluding hydrogens is 376 g/mol. The van der Waals surface area contributed by atoms with E-state index in [1.165, 1.54) is 24.1 Å². The number of hydrogen-bond acceptors (Lipinski definition) is 8. The maximum atomic E-state index is 11.9. The van der Waals surface area contributed by atoms with Crippen molar-refractivity contribution < 1.29 is 8.42 Å². The molecule has 0 saturated carbocycles. The average molecular weight is 401 g/mol. The maximum absolute atomic E-state index is 11.9.